The van der Waals surface area contributed by atoms with Crippen LogP contribution in [0.15, 0.2) is 66.9 Å². The zero-order valence-corrected chi connectivity index (χ0v) is 16.1. The van der Waals surface area contributed by atoms with Crippen LogP contribution in [0.2, 0.25) is 0 Å². The summed E-state index contributed by atoms with van der Waals surface area (Å²) < 4.78 is 13.9. The molecular weight excluding hydrogens is 373 g/mol. The Labute approximate surface area is 167 Å². The molecule has 1 saturated heterocycles. The number of thiophene rings is 1. The van der Waals surface area contributed by atoms with E-state index in [0.717, 1.165) is 28.7 Å². The van der Waals surface area contributed by atoms with Crippen LogP contribution in [0.25, 0.3) is 16.5 Å². The first-order valence-electron chi connectivity index (χ1n) is 9.18. The minimum Gasteiger partial charge on any atom is -0.353 e. The highest BCUT2D eigenvalue weighted by Gasteiger charge is 2.20. The molecule has 142 valence electrons. The Morgan fingerprint density at radius 3 is 2.54 bits per heavy atom. The maximum atomic E-state index is 13.9. The molecule has 1 aromatic carbocycles. The van der Waals surface area contributed by atoms with Gasteiger partial charge in [0.2, 0.25) is 5.91 Å². The summed E-state index contributed by atoms with van der Waals surface area (Å²) in [6, 6.07) is 16.4. The van der Waals surface area contributed by atoms with E-state index in [1.54, 1.807) is 24.4 Å². The fourth-order valence-electron chi connectivity index (χ4n) is 3.20. The molecule has 0 radical (unpaired) electrons. The second-order valence-corrected chi connectivity index (χ2v) is 7.63. The molecule has 28 heavy (non-hydrogen) atoms. The van der Waals surface area contributed by atoms with Crippen LogP contribution in [0, 0.1) is 5.82 Å². The van der Waals surface area contributed by atoms with Gasteiger partial charge in [0.15, 0.2) is 0 Å². The Balaban J connectivity index is 1.36. The Bertz CT molecular complexity index is 978. The molecule has 1 aliphatic heterocycles. The highest BCUT2D eigenvalue weighted by Crippen LogP contribution is 2.30. The van der Waals surface area contributed by atoms with Crippen LogP contribution in [0.4, 0.5) is 10.2 Å². The number of hydrogen-bond donors (Lipinski definition) is 0. The Morgan fingerprint density at radius 2 is 1.79 bits per heavy atom. The van der Waals surface area contributed by atoms with Crippen molar-refractivity contribution in [2.75, 3.05) is 31.1 Å². The topological polar surface area (TPSA) is 36.4 Å². The first-order valence-corrected chi connectivity index (χ1v) is 10.00. The number of carbonyl (C=O) groups excluding carboxylic acids is 1. The Hall–Kier alpha value is -2.99. The smallest absolute Gasteiger partial charge is 0.246 e. The van der Waals surface area contributed by atoms with E-state index >= 15 is 0 Å². The lowest BCUT2D eigenvalue weighted by Crippen LogP contribution is -2.48. The summed E-state index contributed by atoms with van der Waals surface area (Å²) in [5.41, 5.74) is 0.587. The van der Waals surface area contributed by atoms with Crippen molar-refractivity contribution < 1.29 is 9.18 Å². The van der Waals surface area contributed by atoms with Crippen molar-refractivity contribution in [1.82, 2.24) is 9.88 Å². The molecule has 0 N–H and O–H groups in total. The molecule has 4 nitrogen and oxygen atoms in total. The largest absolute Gasteiger partial charge is 0.353 e. The molecule has 0 saturated carbocycles. The van der Waals surface area contributed by atoms with Gasteiger partial charge in [0.25, 0.3) is 0 Å². The quantitative estimate of drug-likeness (QED) is 0.620. The van der Waals surface area contributed by atoms with Gasteiger partial charge < -0.3 is 9.80 Å². The third-order valence-electron chi connectivity index (χ3n) is 4.72. The second kappa shape index (κ2) is 8.35. The summed E-state index contributed by atoms with van der Waals surface area (Å²) in [4.78, 5) is 22.7. The minimum absolute atomic E-state index is 0.00140. The summed E-state index contributed by atoms with van der Waals surface area (Å²) in [6.45, 7) is 2.88. The van der Waals surface area contributed by atoms with E-state index in [2.05, 4.69) is 9.88 Å². The third-order valence-corrected chi connectivity index (χ3v) is 5.80. The van der Waals surface area contributed by atoms with Gasteiger partial charge in [-0.2, -0.15) is 0 Å². The zero-order chi connectivity index (χ0) is 19.3. The standard InChI is InChI=1S/C22H20FN3OS/c23-19-6-2-1-5-18(19)20-10-8-17(28-20)9-11-22(27)26-15-13-25(14-16-26)21-7-3-4-12-24-21/h1-12H,13-16H2/b11-9+. The maximum Gasteiger partial charge on any atom is 0.246 e. The lowest BCUT2D eigenvalue weighted by molar-refractivity contribution is -0.126. The van der Waals surface area contributed by atoms with E-state index in [1.165, 1.54) is 17.4 Å². The van der Waals surface area contributed by atoms with E-state index in [4.69, 9.17) is 0 Å². The molecule has 1 fully saturated rings. The van der Waals surface area contributed by atoms with E-state index in [-0.39, 0.29) is 11.7 Å². The van der Waals surface area contributed by atoms with Crippen molar-refractivity contribution in [1.29, 1.82) is 0 Å². The van der Waals surface area contributed by atoms with Crippen LogP contribution >= 0.6 is 11.3 Å². The lowest BCUT2D eigenvalue weighted by atomic mass is 10.2. The predicted octanol–water partition coefficient (Wildman–Crippen LogP) is 4.31. The molecule has 0 spiro atoms. The van der Waals surface area contributed by atoms with Gasteiger partial charge in [0, 0.05) is 53.8 Å². The molecular formula is C22H20FN3OS. The van der Waals surface area contributed by atoms with Crippen molar-refractivity contribution in [3.05, 3.63) is 77.6 Å². The van der Waals surface area contributed by atoms with Gasteiger partial charge in [-0.25, -0.2) is 9.37 Å². The van der Waals surface area contributed by atoms with Gasteiger partial charge in [0.1, 0.15) is 11.6 Å². The monoisotopic (exact) mass is 393 g/mol. The zero-order valence-electron chi connectivity index (χ0n) is 15.3. The van der Waals surface area contributed by atoms with Crippen LogP contribution in [-0.4, -0.2) is 42.0 Å². The van der Waals surface area contributed by atoms with Gasteiger partial charge in [-0.3, -0.25) is 4.79 Å². The van der Waals surface area contributed by atoms with Gasteiger partial charge in [0.05, 0.1) is 0 Å². The molecule has 0 unspecified atom stereocenters. The molecule has 0 atom stereocenters. The van der Waals surface area contributed by atoms with E-state index < -0.39 is 0 Å². The fourth-order valence-corrected chi connectivity index (χ4v) is 4.14. The number of amides is 1. The number of aromatic nitrogens is 1. The second-order valence-electron chi connectivity index (χ2n) is 6.52. The molecule has 3 aromatic rings. The molecule has 0 bridgehead atoms. The van der Waals surface area contributed by atoms with Gasteiger partial charge in [-0.1, -0.05) is 24.3 Å². The summed E-state index contributed by atoms with van der Waals surface area (Å²) in [5.74, 6) is 0.715. The molecule has 1 amide bonds. The van der Waals surface area contributed by atoms with Crippen molar-refractivity contribution >= 4 is 29.1 Å². The average Bonchev–Trinajstić information content (AvgIpc) is 3.22. The normalized spacial score (nSPS) is 14.6. The van der Waals surface area contributed by atoms with Crippen molar-refractivity contribution in [3.8, 4) is 10.4 Å². The first-order chi connectivity index (χ1) is 13.7. The highest BCUT2D eigenvalue weighted by molar-refractivity contribution is 7.16. The van der Waals surface area contributed by atoms with Crippen LogP contribution < -0.4 is 4.90 Å². The lowest BCUT2D eigenvalue weighted by Gasteiger charge is -2.34. The van der Waals surface area contributed by atoms with Crippen molar-refractivity contribution in [2.24, 2.45) is 0 Å². The number of nitrogens with zero attached hydrogens (tertiary/aromatic N) is 3. The Kier molecular flexibility index (Phi) is 5.48. The third kappa shape index (κ3) is 4.12. The molecule has 2 aromatic heterocycles. The van der Waals surface area contributed by atoms with Crippen LogP contribution in [0.3, 0.4) is 0 Å². The molecule has 6 heteroatoms. The minimum atomic E-state index is -0.235. The first kappa shape index (κ1) is 18.4. The number of pyridine rings is 1. The molecule has 1 aliphatic rings. The SMILES string of the molecule is O=C(/C=C/c1ccc(-c2ccccc2F)s1)N1CCN(c2ccccn2)CC1. The molecule has 3 heterocycles. The van der Waals surface area contributed by atoms with E-state index in [0.29, 0.717) is 18.7 Å². The maximum absolute atomic E-state index is 13.9. The van der Waals surface area contributed by atoms with Crippen molar-refractivity contribution in [3.63, 3.8) is 0 Å². The number of anilines is 1. The van der Waals surface area contributed by atoms with Gasteiger partial charge in [-0.15, -0.1) is 11.3 Å². The highest BCUT2D eigenvalue weighted by atomic mass is 32.1. The fraction of sp³-hybridized carbons (Fsp3) is 0.182. The average molecular weight is 393 g/mol. The van der Waals surface area contributed by atoms with Crippen LogP contribution in [0.5, 0.6) is 0 Å². The number of hydrogen-bond acceptors (Lipinski definition) is 4. The number of rotatable bonds is 4. The van der Waals surface area contributed by atoms with E-state index in [9.17, 15) is 9.18 Å². The Morgan fingerprint density at radius 1 is 1.00 bits per heavy atom. The van der Waals surface area contributed by atoms with Crippen molar-refractivity contribution in [2.45, 2.75) is 0 Å². The van der Waals surface area contributed by atoms with Crippen LogP contribution in [-0.2, 0) is 4.79 Å². The number of piperazine rings is 1. The summed E-state index contributed by atoms with van der Waals surface area (Å²) >= 11 is 1.47. The summed E-state index contributed by atoms with van der Waals surface area (Å²) in [5, 5.41) is 0. The van der Waals surface area contributed by atoms with Gasteiger partial charge in [-0.05, 0) is 36.4 Å². The van der Waals surface area contributed by atoms with E-state index in [1.807, 2.05) is 47.4 Å². The number of halogens is 1. The number of benzene rings is 1. The number of carbonyl (C=O) groups is 1. The van der Waals surface area contributed by atoms with Gasteiger partial charge >= 0.3 is 0 Å². The molecule has 0 aliphatic carbocycles. The summed E-state index contributed by atoms with van der Waals surface area (Å²) in [7, 11) is 0. The predicted molar refractivity (Wildman–Crippen MR) is 112 cm³/mol. The summed E-state index contributed by atoms with van der Waals surface area (Å²) in [6.07, 6.45) is 5.20. The van der Waals surface area contributed by atoms with Crippen LogP contribution in [0.1, 0.15) is 4.88 Å². The molecule has 4 rings (SSSR count).